The van der Waals surface area contributed by atoms with E-state index in [0.29, 0.717) is 6.61 Å². The summed E-state index contributed by atoms with van der Waals surface area (Å²) >= 11 is 0. The van der Waals surface area contributed by atoms with Crippen LogP contribution in [0.25, 0.3) is 0 Å². The first kappa shape index (κ1) is 14.4. The molecule has 0 aliphatic carbocycles. The molecule has 4 nitrogen and oxygen atoms in total. The van der Waals surface area contributed by atoms with Crippen LogP contribution >= 0.6 is 0 Å². The van der Waals surface area contributed by atoms with Crippen molar-refractivity contribution in [3.63, 3.8) is 0 Å². The molecule has 0 spiro atoms. The van der Waals surface area contributed by atoms with E-state index < -0.39 is 0 Å². The lowest BCUT2D eigenvalue weighted by Crippen LogP contribution is -2.18. The molecule has 0 atom stereocenters. The Morgan fingerprint density at radius 2 is 1.87 bits per heavy atom. The summed E-state index contributed by atoms with van der Waals surface area (Å²) < 4.78 is 4.96. The third-order valence-corrected chi connectivity index (χ3v) is 2.23. The van der Waals surface area contributed by atoms with Crippen LogP contribution in [0.4, 0.5) is 0 Å². The molecule has 0 unspecified atom stereocenters. The second-order valence-corrected chi connectivity index (χ2v) is 3.72. The van der Waals surface area contributed by atoms with E-state index in [1.165, 1.54) is 0 Å². The largest absolute Gasteiger partial charge is 0.466 e. The van der Waals surface area contributed by atoms with Crippen LogP contribution < -0.4 is 0 Å². The quantitative estimate of drug-likeness (QED) is 0.449. The molecular weight excluding hydrogens is 196 g/mol. The number of rotatable bonds is 9. The molecule has 0 rings (SSSR count). The van der Waals surface area contributed by atoms with E-state index in [-0.39, 0.29) is 31.5 Å². The van der Waals surface area contributed by atoms with Gasteiger partial charge in [-0.15, -0.1) is 0 Å². The van der Waals surface area contributed by atoms with Crippen molar-refractivity contribution in [2.75, 3.05) is 19.8 Å². The third-order valence-electron chi connectivity index (χ3n) is 2.23. The lowest BCUT2D eigenvalue weighted by Gasteiger charge is -2.10. The summed E-state index contributed by atoms with van der Waals surface area (Å²) in [4.78, 5) is 11.2. The van der Waals surface area contributed by atoms with E-state index in [1.54, 1.807) is 0 Å². The van der Waals surface area contributed by atoms with Crippen LogP contribution in [0.5, 0.6) is 0 Å². The van der Waals surface area contributed by atoms with Crippen molar-refractivity contribution in [2.24, 2.45) is 5.92 Å². The van der Waals surface area contributed by atoms with Crippen molar-refractivity contribution >= 4 is 5.97 Å². The number of carbonyl (C=O) groups excluding carboxylic acids is 1. The van der Waals surface area contributed by atoms with Gasteiger partial charge in [0.2, 0.25) is 0 Å². The highest BCUT2D eigenvalue weighted by atomic mass is 16.5. The number of aliphatic hydroxyl groups is 2. The topological polar surface area (TPSA) is 66.8 Å². The first-order valence-corrected chi connectivity index (χ1v) is 5.61. The Morgan fingerprint density at radius 1 is 1.20 bits per heavy atom. The van der Waals surface area contributed by atoms with Crippen molar-refractivity contribution in [3.8, 4) is 0 Å². The SMILES string of the molecule is CCCCCCOC(=O)CC(CO)CO. The Bertz CT molecular complexity index is 155. The zero-order valence-electron chi connectivity index (χ0n) is 9.45. The summed E-state index contributed by atoms with van der Waals surface area (Å²) in [6.45, 7) is 2.21. The molecule has 0 aliphatic heterocycles. The van der Waals surface area contributed by atoms with Gasteiger partial charge < -0.3 is 14.9 Å². The summed E-state index contributed by atoms with van der Waals surface area (Å²) in [5.74, 6) is -0.715. The molecule has 0 fully saturated rings. The second kappa shape index (κ2) is 9.93. The van der Waals surface area contributed by atoms with Gasteiger partial charge in [-0.1, -0.05) is 26.2 Å². The van der Waals surface area contributed by atoms with Gasteiger partial charge in [0.15, 0.2) is 0 Å². The third kappa shape index (κ3) is 8.39. The van der Waals surface area contributed by atoms with E-state index in [1.807, 2.05) is 0 Å². The van der Waals surface area contributed by atoms with Crippen LogP contribution in [0.1, 0.15) is 39.0 Å². The molecule has 0 amide bonds. The first-order chi connectivity index (χ1) is 7.24. The van der Waals surface area contributed by atoms with Crippen molar-refractivity contribution in [1.29, 1.82) is 0 Å². The molecule has 0 aromatic carbocycles. The van der Waals surface area contributed by atoms with Gasteiger partial charge in [0.05, 0.1) is 13.0 Å². The van der Waals surface area contributed by atoms with E-state index in [0.717, 1.165) is 25.7 Å². The monoisotopic (exact) mass is 218 g/mol. The highest BCUT2D eigenvalue weighted by Crippen LogP contribution is 2.04. The molecular formula is C11H22O4. The lowest BCUT2D eigenvalue weighted by molar-refractivity contribution is -0.145. The standard InChI is InChI=1S/C11H22O4/c1-2-3-4-5-6-15-11(14)7-10(8-12)9-13/h10,12-13H,2-9H2,1H3. The Morgan fingerprint density at radius 3 is 2.40 bits per heavy atom. The Labute approximate surface area is 91.3 Å². The van der Waals surface area contributed by atoms with Gasteiger partial charge >= 0.3 is 5.97 Å². The molecule has 0 aromatic heterocycles. The number of ether oxygens (including phenoxy) is 1. The molecule has 0 aromatic rings. The van der Waals surface area contributed by atoms with Crippen molar-refractivity contribution in [3.05, 3.63) is 0 Å². The molecule has 15 heavy (non-hydrogen) atoms. The fraction of sp³-hybridized carbons (Fsp3) is 0.909. The minimum atomic E-state index is -0.381. The minimum Gasteiger partial charge on any atom is -0.466 e. The molecule has 0 saturated heterocycles. The zero-order chi connectivity index (χ0) is 11.5. The molecule has 2 N–H and O–H groups in total. The minimum absolute atomic E-state index is 0.0980. The smallest absolute Gasteiger partial charge is 0.306 e. The fourth-order valence-corrected chi connectivity index (χ4v) is 1.20. The summed E-state index contributed by atoms with van der Waals surface area (Å²) in [5.41, 5.74) is 0. The highest BCUT2D eigenvalue weighted by molar-refractivity contribution is 5.69. The van der Waals surface area contributed by atoms with Crippen LogP contribution in [0.15, 0.2) is 0 Å². The Hall–Kier alpha value is -0.610. The highest BCUT2D eigenvalue weighted by Gasteiger charge is 2.12. The zero-order valence-corrected chi connectivity index (χ0v) is 9.45. The van der Waals surface area contributed by atoms with Crippen LogP contribution in [0, 0.1) is 5.92 Å². The van der Waals surface area contributed by atoms with Crippen LogP contribution in [0.2, 0.25) is 0 Å². The average molecular weight is 218 g/mol. The van der Waals surface area contributed by atoms with Gasteiger partial charge in [-0.2, -0.15) is 0 Å². The Kier molecular flexibility index (Phi) is 9.52. The molecule has 0 bridgehead atoms. The first-order valence-electron chi connectivity index (χ1n) is 5.61. The van der Waals surface area contributed by atoms with Crippen molar-refractivity contribution < 1.29 is 19.7 Å². The Balaban J connectivity index is 3.40. The number of hydrogen-bond acceptors (Lipinski definition) is 4. The molecule has 4 heteroatoms. The van der Waals surface area contributed by atoms with Crippen LogP contribution in [0.3, 0.4) is 0 Å². The van der Waals surface area contributed by atoms with Crippen molar-refractivity contribution in [2.45, 2.75) is 39.0 Å². The fourth-order valence-electron chi connectivity index (χ4n) is 1.20. The van der Waals surface area contributed by atoms with Gasteiger partial charge in [0.1, 0.15) is 0 Å². The van der Waals surface area contributed by atoms with Gasteiger partial charge in [-0.25, -0.2) is 0 Å². The summed E-state index contributed by atoms with van der Waals surface area (Å²) in [6.07, 6.45) is 4.38. The maximum atomic E-state index is 11.2. The van der Waals surface area contributed by atoms with Gasteiger partial charge in [0, 0.05) is 19.1 Å². The summed E-state index contributed by atoms with van der Waals surface area (Å²) in [5, 5.41) is 17.5. The van der Waals surface area contributed by atoms with Crippen LogP contribution in [-0.2, 0) is 9.53 Å². The van der Waals surface area contributed by atoms with Gasteiger partial charge in [-0.3, -0.25) is 4.79 Å². The summed E-state index contributed by atoms with van der Waals surface area (Å²) in [7, 11) is 0. The number of unbranched alkanes of at least 4 members (excludes halogenated alkanes) is 3. The number of esters is 1. The van der Waals surface area contributed by atoms with Gasteiger partial charge in [0.25, 0.3) is 0 Å². The molecule has 0 saturated carbocycles. The normalized spacial score (nSPS) is 10.7. The van der Waals surface area contributed by atoms with Gasteiger partial charge in [-0.05, 0) is 6.42 Å². The van der Waals surface area contributed by atoms with E-state index in [4.69, 9.17) is 14.9 Å². The van der Waals surface area contributed by atoms with Crippen LogP contribution in [-0.4, -0.2) is 36.0 Å². The molecule has 0 aliphatic rings. The predicted octanol–water partition coefficient (Wildman–Crippen LogP) is 1.10. The maximum Gasteiger partial charge on any atom is 0.306 e. The molecule has 90 valence electrons. The van der Waals surface area contributed by atoms with E-state index in [9.17, 15) is 4.79 Å². The molecule has 0 radical (unpaired) electrons. The lowest BCUT2D eigenvalue weighted by atomic mass is 10.1. The van der Waals surface area contributed by atoms with E-state index in [2.05, 4.69) is 6.92 Å². The number of aliphatic hydroxyl groups excluding tert-OH is 2. The average Bonchev–Trinajstić information content (AvgIpc) is 2.25. The summed E-state index contributed by atoms with van der Waals surface area (Å²) in [6, 6.07) is 0. The predicted molar refractivity (Wildman–Crippen MR) is 57.4 cm³/mol. The van der Waals surface area contributed by atoms with E-state index >= 15 is 0 Å². The maximum absolute atomic E-state index is 11.2. The number of hydrogen-bond donors (Lipinski definition) is 2. The number of carbonyl (C=O) groups is 1. The molecule has 0 heterocycles. The van der Waals surface area contributed by atoms with Crippen molar-refractivity contribution in [1.82, 2.24) is 0 Å². The second-order valence-electron chi connectivity index (χ2n) is 3.72.